The minimum absolute atomic E-state index is 0.0985. The molecule has 1 atom stereocenters. The van der Waals surface area contributed by atoms with Crippen molar-refractivity contribution in [2.45, 2.75) is 65.5 Å². The Morgan fingerprint density at radius 2 is 2.05 bits per heavy atom. The Hall–Kier alpha value is -1.85. The van der Waals surface area contributed by atoms with E-state index in [1.165, 1.54) is 0 Å². The van der Waals surface area contributed by atoms with Crippen LogP contribution in [0.5, 0.6) is 0 Å². The molecule has 0 saturated heterocycles. The van der Waals surface area contributed by atoms with Gasteiger partial charge in [-0.05, 0) is 39.0 Å². The van der Waals surface area contributed by atoms with E-state index in [-0.39, 0.29) is 17.9 Å². The highest BCUT2D eigenvalue weighted by Crippen LogP contribution is 2.21. The van der Waals surface area contributed by atoms with Crippen LogP contribution in [0.4, 0.5) is 0 Å². The molecule has 2 heterocycles. The summed E-state index contributed by atoms with van der Waals surface area (Å²) in [6.45, 7) is 7.38. The van der Waals surface area contributed by atoms with Crippen molar-refractivity contribution in [2.75, 3.05) is 6.54 Å². The number of amides is 2. The highest BCUT2D eigenvalue weighted by atomic mass is 16.2. The molecular formula is C16H26N4O2. The van der Waals surface area contributed by atoms with E-state index in [0.29, 0.717) is 18.1 Å². The second-order valence-corrected chi connectivity index (χ2v) is 5.88. The Labute approximate surface area is 131 Å². The molecule has 1 aromatic heterocycles. The van der Waals surface area contributed by atoms with Gasteiger partial charge < -0.3 is 15.2 Å². The fraction of sp³-hybridized carbons (Fsp3) is 0.688. The molecule has 0 radical (unpaired) electrons. The van der Waals surface area contributed by atoms with E-state index in [2.05, 4.69) is 15.6 Å². The van der Waals surface area contributed by atoms with Gasteiger partial charge in [-0.25, -0.2) is 4.98 Å². The molecule has 22 heavy (non-hydrogen) atoms. The highest BCUT2D eigenvalue weighted by Gasteiger charge is 2.27. The molecule has 0 fully saturated rings. The number of fused-ring (bicyclic) bond motifs is 1. The van der Waals surface area contributed by atoms with E-state index in [4.69, 9.17) is 0 Å². The van der Waals surface area contributed by atoms with Gasteiger partial charge in [0.05, 0.1) is 5.69 Å². The van der Waals surface area contributed by atoms with Crippen molar-refractivity contribution < 1.29 is 9.59 Å². The number of rotatable bonds is 6. The van der Waals surface area contributed by atoms with E-state index >= 15 is 0 Å². The van der Waals surface area contributed by atoms with Crippen LogP contribution in [-0.4, -0.2) is 34.0 Å². The Morgan fingerprint density at radius 1 is 1.27 bits per heavy atom. The van der Waals surface area contributed by atoms with Crippen molar-refractivity contribution in [3.05, 3.63) is 17.2 Å². The third-order valence-corrected chi connectivity index (χ3v) is 4.06. The molecular weight excluding hydrogens is 280 g/mol. The van der Waals surface area contributed by atoms with Gasteiger partial charge in [-0.1, -0.05) is 13.8 Å². The third-order valence-electron chi connectivity index (χ3n) is 4.06. The third kappa shape index (κ3) is 3.48. The Bertz CT molecular complexity index is 551. The number of hydrogen-bond acceptors (Lipinski definition) is 3. The minimum Gasteiger partial charge on any atom is -0.351 e. The number of hydrogen-bond donors (Lipinski definition) is 2. The maximum absolute atomic E-state index is 12.4. The van der Waals surface area contributed by atoms with Crippen molar-refractivity contribution in [2.24, 2.45) is 0 Å². The number of carbonyl (C=O) groups excluding carboxylic acids is 2. The quantitative estimate of drug-likeness (QED) is 0.842. The van der Waals surface area contributed by atoms with E-state index in [9.17, 15) is 9.59 Å². The van der Waals surface area contributed by atoms with Gasteiger partial charge in [-0.2, -0.15) is 0 Å². The maximum Gasteiger partial charge on any atom is 0.287 e. The van der Waals surface area contributed by atoms with Crippen LogP contribution in [0.2, 0.25) is 0 Å². The standard InChI is InChI=1S/C16H26N4O2/c1-4-9-17-15(21)13-12-8-6-7-10-20(12)14(19-13)16(22)18-11(3)5-2/h11H,4-10H2,1-3H3,(H,17,21)(H,18,22). The molecule has 0 spiro atoms. The fourth-order valence-electron chi connectivity index (χ4n) is 2.61. The first-order valence-corrected chi connectivity index (χ1v) is 8.26. The number of carbonyl (C=O) groups is 2. The van der Waals surface area contributed by atoms with Gasteiger partial charge in [0.15, 0.2) is 5.82 Å². The van der Waals surface area contributed by atoms with Crippen molar-refractivity contribution in [3.8, 4) is 0 Å². The minimum atomic E-state index is -0.188. The largest absolute Gasteiger partial charge is 0.351 e. The lowest BCUT2D eigenvalue weighted by molar-refractivity contribution is 0.0923. The summed E-state index contributed by atoms with van der Waals surface area (Å²) in [4.78, 5) is 29.1. The first-order valence-electron chi connectivity index (χ1n) is 8.26. The van der Waals surface area contributed by atoms with Gasteiger partial charge in [-0.15, -0.1) is 0 Å². The molecule has 0 bridgehead atoms. The molecule has 6 nitrogen and oxygen atoms in total. The lowest BCUT2D eigenvalue weighted by Crippen LogP contribution is -2.34. The second-order valence-electron chi connectivity index (χ2n) is 5.88. The molecule has 1 unspecified atom stereocenters. The van der Waals surface area contributed by atoms with E-state index in [1.54, 1.807) is 0 Å². The van der Waals surface area contributed by atoms with Gasteiger partial charge in [0.25, 0.3) is 11.8 Å². The van der Waals surface area contributed by atoms with Crippen LogP contribution in [0.3, 0.4) is 0 Å². The zero-order valence-corrected chi connectivity index (χ0v) is 13.7. The molecule has 1 aliphatic heterocycles. The molecule has 0 aliphatic carbocycles. The molecule has 2 amide bonds. The molecule has 1 aromatic rings. The number of nitrogens with one attached hydrogen (secondary N) is 2. The van der Waals surface area contributed by atoms with Crippen LogP contribution in [0.15, 0.2) is 0 Å². The summed E-state index contributed by atoms with van der Waals surface area (Å²) in [5.41, 5.74) is 1.32. The Morgan fingerprint density at radius 3 is 2.73 bits per heavy atom. The predicted octanol–water partition coefficient (Wildman–Crippen LogP) is 1.89. The number of aromatic nitrogens is 2. The summed E-state index contributed by atoms with van der Waals surface area (Å²) in [7, 11) is 0. The highest BCUT2D eigenvalue weighted by molar-refractivity contribution is 5.97. The lowest BCUT2D eigenvalue weighted by Gasteiger charge is -2.18. The molecule has 0 aromatic carbocycles. The average Bonchev–Trinajstić information content (AvgIpc) is 2.92. The van der Waals surface area contributed by atoms with Crippen LogP contribution < -0.4 is 10.6 Å². The molecule has 2 N–H and O–H groups in total. The lowest BCUT2D eigenvalue weighted by atomic mass is 10.1. The average molecular weight is 306 g/mol. The number of imidazole rings is 1. The van der Waals surface area contributed by atoms with Crippen LogP contribution >= 0.6 is 0 Å². The van der Waals surface area contributed by atoms with E-state index < -0.39 is 0 Å². The fourth-order valence-corrected chi connectivity index (χ4v) is 2.61. The molecule has 6 heteroatoms. The molecule has 2 rings (SSSR count). The first-order chi connectivity index (χ1) is 10.6. The van der Waals surface area contributed by atoms with Crippen molar-refractivity contribution in [1.82, 2.24) is 20.2 Å². The topological polar surface area (TPSA) is 76.0 Å². The summed E-state index contributed by atoms with van der Waals surface area (Å²) in [6.07, 6.45) is 4.60. The maximum atomic E-state index is 12.4. The number of nitrogens with zero attached hydrogens (tertiary/aromatic N) is 2. The van der Waals surface area contributed by atoms with Crippen LogP contribution in [0.1, 0.15) is 73.3 Å². The summed E-state index contributed by atoms with van der Waals surface area (Å²) >= 11 is 0. The first kappa shape index (κ1) is 16.5. The van der Waals surface area contributed by atoms with Crippen molar-refractivity contribution in [1.29, 1.82) is 0 Å². The normalized spacial score (nSPS) is 15.0. The van der Waals surface area contributed by atoms with Crippen molar-refractivity contribution in [3.63, 3.8) is 0 Å². The van der Waals surface area contributed by atoms with E-state index in [0.717, 1.165) is 44.3 Å². The molecule has 122 valence electrons. The van der Waals surface area contributed by atoms with Crippen LogP contribution in [0, 0.1) is 0 Å². The molecule has 0 saturated carbocycles. The summed E-state index contributed by atoms with van der Waals surface area (Å²) < 4.78 is 1.92. The van der Waals surface area contributed by atoms with Gasteiger partial charge in [0.2, 0.25) is 0 Å². The molecule has 1 aliphatic rings. The van der Waals surface area contributed by atoms with Gasteiger partial charge in [0.1, 0.15) is 5.69 Å². The van der Waals surface area contributed by atoms with Gasteiger partial charge in [0, 0.05) is 19.1 Å². The predicted molar refractivity (Wildman–Crippen MR) is 85.0 cm³/mol. The van der Waals surface area contributed by atoms with Crippen LogP contribution in [0.25, 0.3) is 0 Å². The zero-order valence-electron chi connectivity index (χ0n) is 13.7. The summed E-state index contributed by atoms with van der Waals surface area (Å²) in [6, 6.07) is 0.0985. The van der Waals surface area contributed by atoms with Crippen LogP contribution in [-0.2, 0) is 13.0 Å². The van der Waals surface area contributed by atoms with Gasteiger partial charge in [-0.3, -0.25) is 9.59 Å². The summed E-state index contributed by atoms with van der Waals surface area (Å²) in [5.74, 6) is 0.0128. The monoisotopic (exact) mass is 306 g/mol. The van der Waals surface area contributed by atoms with Gasteiger partial charge >= 0.3 is 0 Å². The smallest absolute Gasteiger partial charge is 0.287 e. The van der Waals surface area contributed by atoms with Crippen molar-refractivity contribution >= 4 is 11.8 Å². The second kappa shape index (κ2) is 7.42. The SMILES string of the molecule is CCCNC(=O)c1nc(C(=O)NC(C)CC)n2c1CCCC2. The summed E-state index contributed by atoms with van der Waals surface area (Å²) in [5, 5.41) is 5.79. The Kier molecular flexibility index (Phi) is 5.57. The van der Waals surface area contributed by atoms with E-state index in [1.807, 2.05) is 25.3 Å². The Balaban J connectivity index is 2.29. The zero-order chi connectivity index (χ0) is 16.1.